The quantitative estimate of drug-likeness (QED) is 0.633. The number of alkyl carbamates (subject to hydrolysis) is 1. The van der Waals surface area contributed by atoms with E-state index in [9.17, 15) is 19.5 Å². The first-order valence-electron chi connectivity index (χ1n) is 12.1. The van der Waals surface area contributed by atoms with Crippen LogP contribution in [0.1, 0.15) is 36.3 Å². The van der Waals surface area contributed by atoms with Gasteiger partial charge in [-0.25, -0.2) is 4.79 Å². The van der Waals surface area contributed by atoms with Gasteiger partial charge in [0.05, 0.1) is 12.5 Å². The molecular formula is C27H30N2O6. The number of hydrogen-bond donors (Lipinski definition) is 2. The maximum absolute atomic E-state index is 13.2. The standard InChI is InChI=1S/C27H30N2O6/c1-34-24-11-10-16-13-29(14-21(16)24)26(32)23(12-25(30)31)28-27(33)35-15-22-19-8-4-2-6-17(19)18-7-3-5-9-20(18)22/h2-9,16,21-24H,10-15H2,1H3,(H,28,33)(H,30,31). The molecule has 5 rings (SSSR count). The number of rotatable bonds is 7. The Morgan fingerprint density at radius 1 is 1.03 bits per heavy atom. The lowest BCUT2D eigenvalue weighted by Crippen LogP contribution is -2.49. The van der Waals surface area contributed by atoms with Crippen LogP contribution >= 0.6 is 0 Å². The Labute approximate surface area is 204 Å². The average Bonchev–Trinajstić information content (AvgIpc) is 3.53. The number of carboxylic acids is 1. The number of ether oxygens (including phenoxy) is 2. The molecule has 2 aromatic carbocycles. The average molecular weight is 479 g/mol. The molecule has 184 valence electrons. The molecule has 1 saturated carbocycles. The van der Waals surface area contributed by atoms with Gasteiger partial charge in [0.1, 0.15) is 12.6 Å². The molecule has 0 spiro atoms. The number of methoxy groups -OCH3 is 1. The van der Waals surface area contributed by atoms with E-state index in [0.29, 0.717) is 19.0 Å². The molecule has 1 saturated heterocycles. The number of nitrogens with one attached hydrogen (secondary N) is 1. The highest BCUT2D eigenvalue weighted by atomic mass is 16.5. The van der Waals surface area contributed by atoms with Gasteiger partial charge in [0.25, 0.3) is 0 Å². The zero-order valence-electron chi connectivity index (χ0n) is 19.7. The van der Waals surface area contributed by atoms with Crippen molar-refractivity contribution < 1.29 is 29.0 Å². The zero-order chi connectivity index (χ0) is 24.5. The van der Waals surface area contributed by atoms with E-state index in [1.165, 1.54) is 0 Å². The summed E-state index contributed by atoms with van der Waals surface area (Å²) in [5.74, 6) is -1.06. The summed E-state index contributed by atoms with van der Waals surface area (Å²) in [7, 11) is 1.68. The highest BCUT2D eigenvalue weighted by Gasteiger charge is 2.45. The summed E-state index contributed by atoms with van der Waals surface area (Å²) < 4.78 is 11.1. The third-order valence-electron chi connectivity index (χ3n) is 7.72. The Morgan fingerprint density at radius 2 is 1.69 bits per heavy atom. The summed E-state index contributed by atoms with van der Waals surface area (Å²) in [4.78, 5) is 39.0. The molecule has 0 bridgehead atoms. The fourth-order valence-corrected chi connectivity index (χ4v) is 6.07. The second-order valence-corrected chi connectivity index (χ2v) is 9.64. The summed E-state index contributed by atoms with van der Waals surface area (Å²) in [6.07, 6.45) is 0.787. The maximum Gasteiger partial charge on any atom is 0.407 e. The lowest BCUT2D eigenvalue weighted by Gasteiger charge is -2.25. The van der Waals surface area contributed by atoms with Gasteiger partial charge < -0.3 is 24.8 Å². The molecule has 2 amide bonds. The molecule has 2 aromatic rings. The van der Waals surface area contributed by atoms with E-state index in [1.807, 2.05) is 36.4 Å². The minimum absolute atomic E-state index is 0.0945. The minimum Gasteiger partial charge on any atom is -0.481 e. The summed E-state index contributed by atoms with van der Waals surface area (Å²) in [6, 6.07) is 14.8. The molecule has 2 aliphatic carbocycles. The van der Waals surface area contributed by atoms with Gasteiger partial charge in [-0.15, -0.1) is 0 Å². The second-order valence-electron chi connectivity index (χ2n) is 9.64. The maximum atomic E-state index is 13.2. The molecule has 2 fully saturated rings. The Bertz CT molecular complexity index is 1090. The normalized spacial score (nSPS) is 23.3. The van der Waals surface area contributed by atoms with Gasteiger partial charge in [-0.1, -0.05) is 48.5 Å². The van der Waals surface area contributed by atoms with Crippen LogP contribution in [-0.2, 0) is 19.1 Å². The van der Waals surface area contributed by atoms with Crippen molar-refractivity contribution in [1.29, 1.82) is 0 Å². The molecule has 3 aliphatic rings. The number of benzene rings is 2. The largest absolute Gasteiger partial charge is 0.481 e. The molecule has 1 heterocycles. The van der Waals surface area contributed by atoms with Crippen molar-refractivity contribution in [2.75, 3.05) is 26.8 Å². The number of carboxylic acid groups (broad SMARTS) is 1. The third kappa shape index (κ3) is 4.50. The van der Waals surface area contributed by atoms with Crippen LogP contribution in [0.2, 0.25) is 0 Å². The van der Waals surface area contributed by atoms with E-state index in [-0.39, 0.29) is 30.5 Å². The first kappa shape index (κ1) is 23.4. The number of amides is 2. The zero-order valence-corrected chi connectivity index (χ0v) is 19.7. The molecule has 8 nitrogen and oxygen atoms in total. The van der Waals surface area contributed by atoms with Crippen LogP contribution in [0.3, 0.4) is 0 Å². The first-order chi connectivity index (χ1) is 17.0. The Morgan fingerprint density at radius 3 is 2.31 bits per heavy atom. The number of carbonyl (C=O) groups excluding carboxylic acids is 2. The highest BCUT2D eigenvalue weighted by molar-refractivity contribution is 5.89. The van der Waals surface area contributed by atoms with Crippen LogP contribution in [0.25, 0.3) is 11.1 Å². The monoisotopic (exact) mass is 478 g/mol. The Hall–Kier alpha value is -3.39. The van der Waals surface area contributed by atoms with Gasteiger partial charge >= 0.3 is 12.1 Å². The van der Waals surface area contributed by atoms with E-state index in [1.54, 1.807) is 12.0 Å². The van der Waals surface area contributed by atoms with Crippen molar-refractivity contribution in [2.45, 2.75) is 37.3 Å². The van der Waals surface area contributed by atoms with Gasteiger partial charge in [-0.3, -0.25) is 9.59 Å². The Kier molecular flexibility index (Phi) is 6.47. The van der Waals surface area contributed by atoms with Crippen molar-refractivity contribution in [3.05, 3.63) is 59.7 Å². The van der Waals surface area contributed by atoms with Gasteiger partial charge in [0, 0.05) is 32.0 Å². The molecule has 2 N–H and O–H groups in total. The predicted molar refractivity (Wildman–Crippen MR) is 128 cm³/mol. The molecule has 1 aliphatic heterocycles. The molecule has 8 heteroatoms. The summed E-state index contributed by atoms with van der Waals surface area (Å²) in [6.45, 7) is 1.17. The van der Waals surface area contributed by atoms with Crippen LogP contribution in [0.15, 0.2) is 48.5 Å². The smallest absolute Gasteiger partial charge is 0.407 e. The van der Waals surface area contributed by atoms with E-state index in [4.69, 9.17) is 9.47 Å². The van der Waals surface area contributed by atoms with E-state index >= 15 is 0 Å². The predicted octanol–water partition coefficient (Wildman–Crippen LogP) is 3.25. The van der Waals surface area contributed by atoms with Crippen molar-refractivity contribution in [2.24, 2.45) is 11.8 Å². The van der Waals surface area contributed by atoms with Gasteiger partial charge in [-0.05, 0) is 41.0 Å². The minimum atomic E-state index is -1.18. The lowest BCUT2D eigenvalue weighted by atomic mass is 9.98. The topological polar surface area (TPSA) is 105 Å². The molecule has 4 unspecified atom stereocenters. The Balaban J connectivity index is 1.24. The number of likely N-dealkylation sites (tertiary alicyclic amines) is 1. The molecule has 35 heavy (non-hydrogen) atoms. The van der Waals surface area contributed by atoms with Gasteiger partial charge in [0.2, 0.25) is 5.91 Å². The number of nitrogens with zero attached hydrogens (tertiary/aromatic N) is 1. The summed E-state index contributed by atoms with van der Waals surface area (Å²) in [5.41, 5.74) is 4.39. The number of carbonyl (C=O) groups is 3. The number of fused-ring (bicyclic) bond motifs is 4. The highest BCUT2D eigenvalue weighted by Crippen LogP contribution is 2.44. The first-order valence-corrected chi connectivity index (χ1v) is 12.1. The van der Waals surface area contributed by atoms with Crippen LogP contribution in [-0.4, -0.2) is 66.9 Å². The molecule has 0 aromatic heterocycles. The van der Waals surface area contributed by atoms with Gasteiger partial charge in [-0.2, -0.15) is 0 Å². The van der Waals surface area contributed by atoms with E-state index < -0.39 is 24.5 Å². The summed E-state index contributed by atoms with van der Waals surface area (Å²) in [5, 5.41) is 11.9. The van der Waals surface area contributed by atoms with Crippen molar-refractivity contribution in [3.8, 4) is 11.1 Å². The second kappa shape index (κ2) is 9.70. The fraction of sp³-hybridized carbons (Fsp3) is 0.444. The fourth-order valence-electron chi connectivity index (χ4n) is 6.07. The van der Waals surface area contributed by atoms with Crippen molar-refractivity contribution in [3.63, 3.8) is 0 Å². The molecular weight excluding hydrogens is 448 g/mol. The lowest BCUT2D eigenvalue weighted by molar-refractivity contribution is -0.142. The van der Waals surface area contributed by atoms with Crippen LogP contribution < -0.4 is 5.32 Å². The van der Waals surface area contributed by atoms with Crippen LogP contribution in [0, 0.1) is 11.8 Å². The van der Waals surface area contributed by atoms with Crippen molar-refractivity contribution in [1.82, 2.24) is 10.2 Å². The number of hydrogen-bond acceptors (Lipinski definition) is 5. The third-order valence-corrected chi connectivity index (χ3v) is 7.72. The number of aliphatic carboxylic acids is 1. The SMILES string of the molecule is COC1CCC2CN(C(=O)C(CC(=O)O)NC(=O)OCC3c4ccccc4-c4ccccc43)CC21. The summed E-state index contributed by atoms with van der Waals surface area (Å²) >= 11 is 0. The van der Waals surface area contributed by atoms with Crippen LogP contribution in [0.4, 0.5) is 4.79 Å². The van der Waals surface area contributed by atoms with Crippen molar-refractivity contribution >= 4 is 18.0 Å². The van der Waals surface area contributed by atoms with Gasteiger partial charge in [0.15, 0.2) is 0 Å². The van der Waals surface area contributed by atoms with Crippen LogP contribution in [0.5, 0.6) is 0 Å². The molecule has 0 radical (unpaired) electrons. The van der Waals surface area contributed by atoms with E-state index in [0.717, 1.165) is 35.1 Å². The molecule has 4 atom stereocenters. The van der Waals surface area contributed by atoms with E-state index in [2.05, 4.69) is 17.4 Å².